The van der Waals surface area contributed by atoms with Gasteiger partial charge in [-0.25, -0.2) is 0 Å². The number of allylic oxidation sites excluding steroid dienone is 1. The molecule has 0 atom stereocenters. The fourth-order valence-corrected chi connectivity index (χ4v) is 1.63. The van der Waals surface area contributed by atoms with Gasteiger partial charge in [0.1, 0.15) is 0 Å². The van der Waals surface area contributed by atoms with Crippen LogP contribution in [0.5, 0.6) is 0 Å². The van der Waals surface area contributed by atoms with Gasteiger partial charge >= 0.3 is 6.18 Å². The minimum atomic E-state index is -4.37. The van der Waals surface area contributed by atoms with E-state index in [1.165, 1.54) is 12.1 Å². The molecule has 0 aliphatic rings. The van der Waals surface area contributed by atoms with Crippen LogP contribution in [0, 0.1) is 0 Å². The smallest absolute Gasteiger partial charge is 0.351 e. The van der Waals surface area contributed by atoms with Gasteiger partial charge in [0.15, 0.2) is 0 Å². The van der Waals surface area contributed by atoms with Crippen LogP contribution in [0.1, 0.15) is 5.56 Å². The maximum Gasteiger partial charge on any atom is 0.416 e. The van der Waals surface area contributed by atoms with Crippen molar-refractivity contribution in [2.75, 3.05) is 0 Å². The number of halogens is 3. The van der Waals surface area contributed by atoms with Crippen LogP contribution in [0.3, 0.4) is 0 Å². The summed E-state index contributed by atoms with van der Waals surface area (Å²) in [6.45, 7) is 3.08. The molecule has 1 aromatic carbocycles. The summed E-state index contributed by atoms with van der Waals surface area (Å²) in [5.41, 5.74) is 0.211. The van der Waals surface area contributed by atoms with Crippen LogP contribution < -0.4 is 0 Å². The molecule has 2 aromatic rings. The fourth-order valence-electron chi connectivity index (χ4n) is 1.63. The SMILES string of the molecule is C=C(c1ccc2c(ccn2C)c1)C(F)(F)F. The van der Waals surface area contributed by atoms with E-state index in [-0.39, 0.29) is 5.56 Å². The Bertz CT molecular complexity index is 549. The van der Waals surface area contributed by atoms with Crippen LogP contribution in [0.4, 0.5) is 13.2 Å². The molecule has 0 aliphatic heterocycles. The van der Waals surface area contributed by atoms with Crippen LogP contribution >= 0.6 is 0 Å². The lowest BCUT2D eigenvalue weighted by Gasteiger charge is -2.10. The molecule has 1 nitrogen and oxygen atoms in total. The summed E-state index contributed by atoms with van der Waals surface area (Å²) in [7, 11) is 1.85. The van der Waals surface area contributed by atoms with Gasteiger partial charge in [-0.15, -0.1) is 0 Å². The minimum absolute atomic E-state index is 0.117. The van der Waals surface area contributed by atoms with Crippen molar-refractivity contribution in [3.05, 3.63) is 42.6 Å². The van der Waals surface area contributed by atoms with E-state index in [0.717, 1.165) is 10.9 Å². The second-order valence-corrected chi connectivity index (χ2v) is 3.68. The molecule has 0 bridgehead atoms. The third kappa shape index (κ3) is 1.71. The third-order valence-electron chi connectivity index (χ3n) is 2.58. The first-order chi connectivity index (χ1) is 7.39. The largest absolute Gasteiger partial charge is 0.416 e. The Balaban J connectivity index is 2.52. The molecular formula is C12H10F3N. The normalized spacial score (nSPS) is 12.0. The molecule has 1 aromatic heterocycles. The van der Waals surface area contributed by atoms with Gasteiger partial charge in [-0.1, -0.05) is 12.6 Å². The number of hydrogen-bond donors (Lipinski definition) is 0. The van der Waals surface area contributed by atoms with Gasteiger partial charge in [0.2, 0.25) is 0 Å². The molecule has 0 unspecified atom stereocenters. The number of aryl methyl sites for hydroxylation is 1. The van der Waals surface area contributed by atoms with Crippen molar-refractivity contribution in [3.63, 3.8) is 0 Å². The molecule has 2 rings (SSSR count). The average molecular weight is 225 g/mol. The summed E-state index contributed by atoms with van der Waals surface area (Å²) < 4.78 is 39.2. The van der Waals surface area contributed by atoms with E-state index in [2.05, 4.69) is 6.58 Å². The Morgan fingerprint density at radius 3 is 2.56 bits per heavy atom. The van der Waals surface area contributed by atoms with Crippen molar-refractivity contribution < 1.29 is 13.2 Å². The van der Waals surface area contributed by atoms with Crippen molar-refractivity contribution in [1.82, 2.24) is 4.57 Å². The molecule has 0 N–H and O–H groups in total. The van der Waals surface area contributed by atoms with Crippen molar-refractivity contribution in [3.8, 4) is 0 Å². The minimum Gasteiger partial charge on any atom is -0.351 e. The first kappa shape index (κ1) is 10.8. The topological polar surface area (TPSA) is 4.93 Å². The van der Waals surface area contributed by atoms with E-state index in [4.69, 9.17) is 0 Å². The van der Waals surface area contributed by atoms with E-state index < -0.39 is 11.7 Å². The summed E-state index contributed by atoms with van der Waals surface area (Å²) in [5, 5.41) is 0.783. The van der Waals surface area contributed by atoms with E-state index >= 15 is 0 Å². The lowest BCUT2D eigenvalue weighted by molar-refractivity contribution is -0.0686. The van der Waals surface area contributed by atoms with E-state index in [1.54, 1.807) is 12.1 Å². The van der Waals surface area contributed by atoms with Crippen LogP contribution in [0.2, 0.25) is 0 Å². The second kappa shape index (κ2) is 3.40. The van der Waals surface area contributed by atoms with Crippen LogP contribution in [-0.4, -0.2) is 10.7 Å². The van der Waals surface area contributed by atoms with Crippen LogP contribution in [0.25, 0.3) is 16.5 Å². The number of alkyl halides is 3. The second-order valence-electron chi connectivity index (χ2n) is 3.68. The number of fused-ring (bicyclic) bond motifs is 1. The highest BCUT2D eigenvalue weighted by atomic mass is 19.4. The molecule has 4 heteroatoms. The van der Waals surface area contributed by atoms with Gasteiger partial charge < -0.3 is 4.57 Å². The Labute approximate surface area is 90.8 Å². The summed E-state index contributed by atoms with van der Waals surface area (Å²) >= 11 is 0. The van der Waals surface area contributed by atoms with Crippen molar-refractivity contribution >= 4 is 16.5 Å². The summed E-state index contributed by atoms with van der Waals surface area (Å²) in [6.07, 6.45) is -2.56. The number of benzene rings is 1. The monoisotopic (exact) mass is 225 g/mol. The molecular weight excluding hydrogens is 215 g/mol. The maximum absolute atomic E-state index is 12.4. The van der Waals surface area contributed by atoms with Gasteiger partial charge in [0, 0.05) is 24.1 Å². The number of nitrogens with zero attached hydrogens (tertiary/aromatic N) is 1. The Morgan fingerprint density at radius 2 is 1.94 bits per heavy atom. The number of hydrogen-bond acceptors (Lipinski definition) is 0. The predicted molar refractivity (Wildman–Crippen MR) is 58.0 cm³/mol. The van der Waals surface area contributed by atoms with Gasteiger partial charge in [-0.3, -0.25) is 0 Å². The Kier molecular flexibility index (Phi) is 2.30. The van der Waals surface area contributed by atoms with Gasteiger partial charge in [0.05, 0.1) is 5.57 Å². The molecule has 0 spiro atoms. The molecule has 0 amide bonds. The highest BCUT2D eigenvalue weighted by Crippen LogP contribution is 2.33. The lowest BCUT2D eigenvalue weighted by atomic mass is 10.1. The molecule has 0 aliphatic carbocycles. The molecule has 16 heavy (non-hydrogen) atoms. The molecule has 84 valence electrons. The van der Waals surface area contributed by atoms with Crippen LogP contribution in [-0.2, 0) is 7.05 Å². The lowest BCUT2D eigenvalue weighted by Crippen LogP contribution is -2.09. The fraction of sp³-hybridized carbons (Fsp3) is 0.167. The number of rotatable bonds is 1. The molecule has 1 heterocycles. The van der Waals surface area contributed by atoms with E-state index in [9.17, 15) is 13.2 Å². The van der Waals surface area contributed by atoms with Gasteiger partial charge in [-0.05, 0) is 23.8 Å². The first-order valence-electron chi connectivity index (χ1n) is 4.71. The Hall–Kier alpha value is -1.71. The van der Waals surface area contributed by atoms with Crippen molar-refractivity contribution in [2.24, 2.45) is 7.05 Å². The quantitative estimate of drug-likeness (QED) is 0.696. The molecule has 0 saturated carbocycles. The van der Waals surface area contributed by atoms with E-state index in [1.807, 2.05) is 17.8 Å². The predicted octanol–water partition coefficient (Wildman–Crippen LogP) is 3.75. The van der Waals surface area contributed by atoms with Gasteiger partial charge in [0.25, 0.3) is 0 Å². The first-order valence-corrected chi connectivity index (χ1v) is 4.71. The van der Waals surface area contributed by atoms with Crippen molar-refractivity contribution in [1.29, 1.82) is 0 Å². The standard InChI is InChI=1S/C12H10F3N/c1-8(12(13,14)15)9-3-4-11-10(7-9)5-6-16(11)2/h3-7H,1H2,2H3. The zero-order valence-corrected chi connectivity index (χ0v) is 8.67. The van der Waals surface area contributed by atoms with Crippen molar-refractivity contribution in [2.45, 2.75) is 6.18 Å². The summed E-state index contributed by atoms with van der Waals surface area (Å²) in [5.74, 6) is 0. The number of aromatic nitrogens is 1. The zero-order valence-electron chi connectivity index (χ0n) is 8.67. The summed E-state index contributed by atoms with van der Waals surface area (Å²) in [6, 6.07) is 6.40. The third-order valence-corrected chi connectivity index (χ3v) is 2.58. The molecule has 0 fully saturated rings. The average Bonchev–Trinajstić information content (AvgIpc) is 2.57. The highest BCUT2D eigenvalue weighted by molar-refractivity contribution is 5.84. The zero-order chi connectivity index (χ0) is 11.9. The van der Waals surface area contributed by atoms with Gasteiger partial charge in [-0.2, -0.15) is 13.2 Å². The molecule has 0 radical (unpaired) electrons. The van der Waals surface area contributed by atoms with Crippen LogP contribution in [0.15, 0.2) is 37.0 Å². The summed E-state index contributed by atoms with van der Waals surface area (Å²) in [4.78, 5) is 0. The highest BCUT2D eigenvalue weighted by Gasteiger charge is 2.32. The molecule has 0 saturated heterocycles. The van der Waals surface area contributed by atoms with E-state index in [0.29, 0.717) is 0 Å². The maximum atomic E-state index is 12.4. The Morgan fingerprint density at radius 1 is 1.25 bits per heavy atom.